The molecule has 1 amide bonds. The first-order valence-corrected chi connectivity index (χ1v) is 12.5. The summed E-state index contributed by atoms with van der Waals surface area (Å²) in [6.07, 6.45) is 1.98. The molecule has 1 aliphatic heterocycles. The third kappa shape index (κ3) is 4.64. The number of anilines is 1. The zero-order valence-electron chi connectivity index (χ0n) is 19.1. The Labute approximate surface area is 193 Å². The van der Waals surface area contributed by atoms with Crippen molar-refractivity contribution in [3.05, 3.63) is 47.5 Å². The average molecular weight is 472 g/mol. The first kappa shape index (κ1) is 23.3. The Morgan fingerprint density at radius 3 is 2.82 bits per heavy atom. The maximum Gasteiger partial charge on any atom is 0.243 e. The molecule has 0 radical (unpaired) electrons. The molecule has 1 aromatic heterocycles. The normalized spacial score (nSPS) is 17.4. The quantitative estimate of drug-likeness (QED) is 0.568. The van der Waals surface area contributed by atoms with E-state index in [1.807, 2.05) is 32.0 Å². The van der Waals surface area contributed by atoms with Crippen LogP contribution in [0.4, 0.5) is 5.69 Å². The summed E-state index contributed by atoms with van der Waals surface area (Å²) in [5.74, 6) is -0.307. The number of benzene rings is 2. The van der Waals surface area contributed by atoms with Crippen LogP contribution in [-0.2, 0) is 26.1 Å². The molecule has 4 rings (SSSR count). The van der Waals surface area contributed by atoms with Gasteiger partial charge in [0, 0.05) is 19.3 Å². The van der Waals surface area contributed by atoms with E-state index in [1.165, 1.54) is 10.4 Å². The molecule has 2 heterocycles. The zero-order chi connectivity index (χ0) is 23.6. The van der Waals surface area contributed by atoms with Gasteiger partial charge in [0.1, 0.15) is 11.6 Å². The molecule has 10 heteroatoms. The second kappa shape index (κ2) is 9.58. The lowest BCUT2D eigenvalue weighted by Gasteiger charge is -2.33. The van der Waals surface area contributed by atoms with Gasteiger partial charge in [0.25, 0.3) is 0 Å². The lowest BCUT2D eigenvalue weighted by molar-refractivity contribution is -0.120. The van der Waals surface area contributed by atoms with Crippen LogP contribution in [0.5, 0.6) is 0 Å². The topological polar surface area (TPSA) is 106 Å². The number of carbonyl (C=O) groups excluding carboxylic acids is 1. The van der Waals surface area contributed by atoms with E-state index < -0.39 is 16.1 Å². The van der Waals surface area contributed by atoms with Crippen LogP contribution in [0.2, 0.25) is 0 Å². The number of hydrogen-bond acceptors (Lipinski definition) is 6. The highest BCUT2D eigenvalue weighted by Gasteiger charge is 2.38. The molecule has 1 aliphatic rings. The number of fused-ring (bicyclic) bond motifs is 1. The third-order valence-corrected chi connectivity index (χ3v) is 8.12. The van der Waals surface area contributed by atoms with Crippen molar-refractivity contribution < 1.29 is 17.9 Å². The summed E-state index contributed by atoms with van der Waals surface area (Å²) < 4.78 is 35.2. The molecule has 1 saturated heterocycles. The second-order valence-corrected chi connectivity index (χ2v) is 10.2. The average Bonchev–Trinajstić information content (AvgIpc) is 3.23. The fourth-order valence-corrected chi connectivity index (χ4v) is 5.82. The number of nitrogens with zero attached hydrogens (tertiary/aromatic N) is 4. The molecule has 9 nitrogen and oxygen atoms in total. The maximum absolute atomic E-state index is 13.6. The minimum atomic E-state index is -3.90. The third-order valence-electron chi connectivity index (χ3n) is 6.22. The van der Waals surface area contributed by atoms with Gasteiger partial charge in [0.2, 0.25) is 15.9 Å². The SMILES string of the molecule is COCCn1nnc2cc(S(=O)(=O)N3CCCC[C@H]3C(=O)Nc3cccc(C)c3C)ccc21. The summed E-state index contributed by atoms with van der Waals surface area (Å²) in [5, 5.41) is 11.1. The lowest BCUT2D eigenvalue weighted by Crippen LogP contribution is -2.49. The Kier molecular flexibility index (Phi) is 6.78. The van der Waals surface area contributed by atoms with Crippen LogP contribution in [-0.4, -0.2) is 59.9 Å². The summed E-state index contributed by atoms with van der Waals surface area (Å²) in [4.78, 5) is 13.3. The van der Waals surface area contributed by atoms with E-state index in [4.69, 9.17) is 4.74 Å². The monoisotopic (exact) mass is 471 g/mol. The Balaban J connectivity index is 1.61. The first-order valence-electron chi connectivity index (χ1n) is 11.0. The van der Waals surface area contributed by atoms with Crippen LogP contribution in [0.1, 0.15) is 30.4 Å². The first-order chi connectivity index (χ1) is 15.8. The number of aromatic nitrogens is 3. The van der Waals surface area contributed by atoms with Gasteiger partial charge in [-0.15, -0.1) is 5.10 Å². The summed E-state index contributed by atoms with van der Waals surface area (Å²) in [6, 6.07) is 9.70. The molecule has 1 atom stereocenters. The molecule has 3 aromatic rings. The van der Waals surface area contributed by atoms with Crippen LogP contribution < -0.4 is 5.32 Å². The van der Waals surface area contributed by atoms with Gasteiger partial charge >= 0.3 is 0 Å². The van der Waals surface area contributed by atoms with Crippen molar-refractivity contribution >= 4 is 32.7 Å². The molecule has 0 spiro atoms. The summed E-state index contributed by atoms with van der Waals surface area (Å²) in [6.45, 7) is 5.21. The molecular weight excluding hydrogens is 442 g/mol. The van der Waals surface area contributed by atoms with Crippen molar-refractivity contribution in [1.29, 1.82) is 0 Å². The largest absolute Gasteiger partial charge is 0.383 e. The van der Waals surface area contributed by atoms with Crippen molar-refractivity contribution in [3.8, 4) is 0 Å². The fourth-order valence-electron chi connectivity index (χ4n) is 4.15. The Hall–Kier alpha value is -2.82. The van der Waals surface area contributed by atoms with E-state index in [0.29, 0.717) is 43.7 Å². The molecular formula is C23H29N5O4S. The number of methoxy groups -OCH3 is 1. The number of carbonyl (C=O) groups is 1. The van der Waals surface area contributed by atoms with Gasteiger partial charge in [-0.2, -0.15) is 4.31 Å². The van der Waals surface area contributed by atoms with Crippen molar-refractivity contribution in [3.63, 3.8) is 0 Å². The molecule has 0 saturated carbocycles. The van der Waals surface area contributed by atoms with E-state index in [2.05, 4.69) is 15.6 Å². The highest BCUT2D eigenvalue weighted by Crippen LogP contribution is 2.28. The predicted octanol–water partition coefficient (Wildman–Crippen LogP) is 2.88. The van der Waals surface area contributed by atoms with Gasteiger partial charge in [-0.1, -0.05) is 23.8 Å². The molecule has 1 fully saturated rings. The Morgan fingerprint density at radius 1 is 1.21 bits per heavy atom. The molecule has 1 N–H and O–H groups in total. The van der Waals surface area contributed by atoms with Gasteiger partial charge in [-0.05, 0) is 62.1 Å². The minimum absolute atomic E-state index is 0.111. The van der Waals surface area contributed by atoms with Gasteiger partial charge in [-0.25, -0.2) is 13.1 Å². The number of hydrogen-bond donors (Lipinski definition) is 1. The Bertz CT molecular complexity index is 1270. The minimum Gasteiger partial charge on any atom is -0.383 e. The fraction of sp³-hybridized carbons (Fsp3) is 0.435. The van der Waals surface area contributed by atoms with Gasteiger partial charge in [0.15, 0.2) is 0 Å². The number of piperidine rings is 1. The highest BCUT2D eigenvalue weighted by molar-refractivity contribution is 7.89. The summed E-state index contributed by atoms with van der Waals surface area (Å²) >= 11 is 0. The molecule has 176 valence electrons. The maximum atomic E-state index is 13.6. The smallest absolute Gasteiger partial charge is 0.243 e. The second-order valence-electron chi connectivity index (χ2n) is 8.32. The van der Waals surface area contributed by atoms with Crippen LogP contribution in [0.25, 0.3) is 11.0 Å². The van der Waals surface area contributed by atoms with E-state index >= 15 is 0 Å². The van der Waals surface area contributed by atoms with Crippen LogP contribution in [0.3, 0.4) is 0 Å². The van der Waals surface area contributed by atoms with E-state index in [0.717, 1.165) is 23.1 Å². The number of rotatable bonds is 7. The number of ether oxygens (including phenoxy) is 1. The summed E-state index contributed by atoms with van der Waals surface area (Å²) in [5.41, 5.74) is 3.96. The van der Waals surface area contributed by atoms with E-state index in [1.54, 1.807) is 23.9 Å². The Morgan fingerprint density at radius 2 is 2.03 bits per heavy atom. The molecule has 33 heavy (non-hydrogen) atoms. The zero-order valence-corrected chi connectivity index (χ0v) is 19.9. The number of nitrogens with one attached hydrogen (secondary N) is 1. The molecule has 2 aromatic carbocycles. The van der Waals surface area contributed by atoms with Gasteiger partial charge in [0.05, 0.1) is 23.6 Å². The predicted molar refractivity (Wildman–Crippen MR) is 125 cm³/mol. The van der Waals surface area contributed by atoms with E-state index in [9.17, 15) is 13.2 Å². The van der Waals surface area contributed by atoms with Crippen molar-refractivity contribution in [2.24, 2.45) is 0 Å². The highest BCUT2D eigenvalue weighted by atomic mass is 32.2. The van der Waals surface area contributed by atoms with E-state index in [-0.39, 0.29) is 10.8 Å². The van der Waals surface area contributed by atoms with Crippen molar-refractivity contribution in [1.82, 2.24) is 19.3 Å². The van der Waals surface area contributed by atoms with Crippen molar-refractivity contribution in [2.45, 2.75) is 50.6 Å². The lowest BCUT2D eigenvalue weighted by atomic mass is 10.0. The number of aryl methyl sites for hydroxylation is 1. The number of amides is 1. The molecule has 0 aliphatic carbocycles. The van der Waals surface area contributed by atoms with Crippen LogP contribution >= 0.6 is 0 Å². The molecule has 0 unspecified atom stereocenters. The summed E-state index contributed by atoms with van der Waals surface area (Å²) in [7, 11) is -2.29. The molecule has 0 bridgehead atoms. The van der Waals surface area contributed by atoms with Crippen LogP contribution in [0, 0.1) is 13.8 Å². The van der Waals surface area contributed by atoms with Crippen molar-refractivity contribution in [2.75, 3.05) is 25.6 Å². The van der Waals surface area contributed by atoms with Gasteiger partial charge < -0.3 is 10.1 Å². The van der Waals surface area contributed by atoms with Gasteiger partial charge in [-0.3, -0.25) is 4.79 Å². The van der Waals surface area contributed by atoms with Crippen LogP contribution in [0.15, 0.2) is 41.3 Å². The number of sulfonamides is 1. The standard InChI is InChI=1S/C23H29N5O4S/c1-16-7-6-8-19(17(16)2)24-23(29)22-9-4-5-12-28(22)33(30,31)18-10-11-21-20(15-18)25-26-27(21)13-14-32-3/h6-8,10-11,15,22H,4-5,9,12-14H2,1-3H3,(H,24,29)/t22-/m0/s1.